The Kier molecular flexibility index (Phi) is 3.66. The van der Waals surface area contributed by atoms with Gasteiger partial charge in [0.15, 0.2) is 0 Å². The van der Waals surface area contributed by atoms with Gasteiger partial charge in [0.25, 0.3) is 0 Å². The Labute approximate surface area is 119 Å². The standard InChI is InChI=1S/C14H12N2OS2/c1-10-2-4-12(5-3-10)19-9-13-15-14(16-17-13)11-6-7-18-8-11/h2-8H,9H2,1H3. The van der Waals surface area contributed by atoms with Crippen molar-refractivity contribution >= 4 is 23.1 Å². The molecule has 0 fully saturated rings. The van der Waals surface area contributed by atoms with Crippen LogP contribution in [0.15, 0.2) is 50.5 Å². The Balaban J connectivity index is 1.66. The molecule has 0 atom stereocenters. The van der Waals surface area contributed by atoms with E-state index < -0.39 is 0 Å². The predicted molar refractivity (Wildman–Crippen MR) is 78.4 cm³/mol. The number of thiophene rings is 1. The number of hydrogen-bond donors (Lipinski definition) is 0. The summed E-state index contributed by atoms with van der Waals surface area (Å²) in [5.41, 5.74) is 2.28. The number of aromatic nitrogens is 2. The van der Waals surface area contributed by atoms with Gasteiger partial charge in [0, 0.05) is 15.8 Å². The number of hydrogen-bond acceptors (Lipinski definition) is 5. The summed E-state index contributed by atoms with van der Waals surface area (Å²) >= 11 is 3.33. The Morgan fingerprint density at radius 2 is 2.05 bits per heavy atom. The van der Waals surface area contributed by atoms with E-state index in [9.17, 15) is 0 Å². The second-order valence-corrected chi connectivity index (χ2v) is 5.95. The van der Waals surface area contributed by atoms with Gasteiger partial charge in [0.1, 0.15) is 0 Å². The molecule has 0 amide bonds. The van der Waals surface area contributed by atoms with E-state index in [1.54, 1.807) is 23.1 Å². The minimum absolute atomic E-state index is 0.659. The molecule has 0 saturated carbocycles. The molecule has 3 aromatic rings. The summed E-state index contributed by atoms with van der Waals surface area (Å²) in [5.74, 6) is 2.02. The first-order valence-electron chi connectivity index (χ1n) is 5.86. The molecule has 0 N–H and O–H groups in total. The maximum Gasteiger partial charge on any atom is 0.237 e. The van der Waals surface area contributed by atoms with Crippen LogP contribution in [0.25, 0.3) is 11.4 Å². The average Bonchev–Trinajstić information content (AvgIpc) is 3.09. The van der Waals surface area contributed by atoms with Crippen molar-refractivity contribution in [3.05, 3.63) is 52.5 Å². The topological polar surface area (TPSA) is 38.9 Å². The number of nitrogens with zero attached hydrogens (tertiary/aromatic N) is 2. The highest BCUT2D eigenvalue weighted by Crippen LogP contribution is 2.24. The molecule has 0 aliphatic rings. The van der Waals surface area contributed by atoms with Crippen molar-refractivity contribution in [1.29, 1.82) is 0 Å². The van der Waals surface area contributed by atoms with Gasteiger partial charge in [-0.15, -0.1) is 11.8 Å². The molecule has 0 aliphatic heterocycles. The lowest BCUT2D eigenvalue weighted by Crippen LogP contribution is -1.81. The third-order valence-corrected chi connectivity index (χ3v) is 4.31. The molecule has 2 aromatic heterocycles. The summed E-state index contributed by atoms with van der Waals surface area (Å²) in [4.78, 5) is 5.60. The van der Waals surface area contributed by atoms with Crippen LogP contribution in [0, 0.1) is 6.92 Å². The lowest BCUT2D eigenvalue weighted by atomic mass is 10.2. The second-order valence-electron chi connectivity index (χ2n) is 4.13. The SMILES string of the molecule is Cc1ccc(SCc2nc(-c3ccsc3)no2)cc1. The van der Waals surface area contributed by atoms with Crippen molar-refractivity contribution in [2.45, 2.75) is 17.6 Å². The summed E-state index contributed by atoms with van der Waals surface area (Å²) in [6, 6.07) is 10.4. The fourth-order valence-electron chi connectivity index (χ4n) is 1.60. The largest absolute Gasteiger partial charge is 0.338 e. The number of thioether (sulfide) groups is 1. The molecule has 0 bridgehead atoms. The fraction of sp³-hybridized carbons (Fsp3) is 0.143. The third-order valence-electron chi connectivity index (χ3n) is 2.63. The Morgan fingerprint density at radius 1 is 1.21 bits per heavy atom. The minimum Gasteiger partial charge on any atom is -0.338 e. The van der Waals surface area contributed by atoms with E-state index in [0.717, 1.165) is 5.56 Å². The van der Waals surface area contributed by atoms with Gasteiger partial charge in [0.05, 0.1) is 5.75 Å². The van der Waals surface area contributed by atoms with Gasteiger partial charge in [-0.3, -0.25) is 0 Å². The van der Waals surface area contributed by atoms with Crippen molar-refractivity contribution in [3.63, 3.8) is 0 Å². The predicted octanol–water partition coefficient (Wildman–Crippen LogP) is 4.40. The summed E-state index contributed by atoms with van der Waals surface area (Å²) in [5, 5.41) is 8.01. The van der Waals surface area contributed by atoms with Gasteiger partial charge in [-0.05, 0) is 30.5 Å². The van der Waals surface area contributed by atoms with Crippen LogP contribution in [-0.4, -0.2) is 10.1 Å². The molecule has 0 unspecified atom stereocenters. The van der Waals surface area contributed by atoms with Gasteiger partial charge in [-0.1, -0.05) is 22.9 Å². The molecule has 96 valence electrons. The summed E-state index contributed by atoms with van der Waals surface area (Å²) in [6.07, 6.45) is 0. The number of benzene rings is 1. The molecule has 3 nitrogen and oxygen atoms in total. The molecule has 0 radical (unpaired) electrons. The molecule has 1 aromatic carbocycles. The van der Waals surface area contributed by atoms with E-state index in [1.807, 2.05) is 16.8 Å². The van der Waals surface area contributed by atoms with Crippen molar-refractivity contribution in [2.75, 3.05) is 0 Å². The lowest BCUT2D eigenvalue weighted by molar-refractivity contribution is 0.391. The zero-order chi connectivity index (χ0) is 13.1. The number of rotatable bonds is 4. The van der Waals surface area contributed by atoms with Crippen molar-refractivity contribution in [3.8, 4) is 11.4 Å². The zero-order valence-corrected chi connectivity index (χ0v) is 12.0. The summed E-state index contributed by atoms with van der Waals surface area (Å²) < 4.78 is 5.26. The maximum absolute atomic E-state index is 5.26. The van der Waals surface area contributed by atoms with Gasteiger partial charge in [-0.25, -0.2) is 0 Å². The fourth-order valence-corrected chi connectivity index (χ4v) is 2.97. The van der Waals surface area contributed by atoms with Crippen LogP contribution in [0.3, 0.4) is 0 Å². The van der Waals surface area contributed by atoms with Crippen LogP contribution in [0.4, 0.5) is 0 Å². The average molecular weight is 288 g/mol. The van der Waals surface area contributed by atoms with E-state index in [4.69, 9.17) is 4.52 Å². The van der Waals surface area contributed by atoms with Crippen LogP contribution in [0.2, 0.25) is 0 Å². The quantitative estimate of drug-likeness (QED) is 0.667. The van der Waals surface area contributed by atoms with Gasteiger partial charge in [0.2, 0.25) is 11.7 Å². The molecule has 0 saturated heterocycles. The highest BCUT2D eigenvalue weighted by molar-refractivity contribution is 7.98. The van der Waals surface area contributed by atoms with E-state index in [-0.39, 0.29) is 0 Å². The summed E-state index contributed by atoms with van der Waals surface area (Å²) in [7, 11) is 0. The van der Waals surface area contributed by atoms with E-state index in [1.165, 1.54) is 10.5 Å². The van der Waals surface area contributed by atoms with Crippen LogP contribution >= 0.6 is 23.1 Å². The smallest absolute Gasteiger partial charge is 0.237 e. The van der Waals surface area contributed by atoms with Gasteiger partial charge in [-0.2, -0.15) is 16.3 Å². The Hall–Kier alpha value is -1.59. The van der Waals surface area contributed by atoms with Crippen LogP contribution in [-0.2, 0) is 5.75 Å². The van der Waals surface area contributed by atoms with Crippen LogP contribution in [0.1, 0.15) is 11.5 Å². The first kappa shape index (κ1) is 12.4. The first-order valence-corrected chi connectivity index (χ1v) is 7.79. The van der Waals surface area contributed by atoms with E-state index in [0.29, 0.717) is 17.5 Å². The third kappa shape index (κ3) is 3.05. The summed E-state index contributed by atoms with van der Waals surface area (Å²) in [6.45, 7) is 2.08. The monoisotopic (exact) mass is 288 g/mol. The highest BCUT2D eigenvalue weighted by atomic mass is 32.2. The molecule has 19 heavy (non-hydrogen) atoms. The highest BCUT2D eigenvalue weighted by Gasteiger charge is 2.09. The minimum atomic E-state index is 0.659. The van der Waals surface area contributed by atoms with Gasteiger partial charge < -0.3 is 4.52 Å². The van der Waals surface area contributed by atoms with E-state index >= 15 is 0 Å². The van der Waals surface area contributed by atoms with Crippen molar-refractivity contribution in [1.82, 2.24) is 10.1 Å². The second kappa shape index (κ2) is 5.59. The van der Waals surface area contributed by atoms with Crippen molar-refractivity contribution in [2.24, 2.45) is 0 Å². The molecule has 3 rings (SSSR count). The normalized spacial score (nSPS) is 10.8. The molecular formula is C14H12N2OS2. The molecule has 2 heterocycles. The maximum atomic E-state index is 5.26. The Bertz CT molecular complexity index is 644. The molecule has 5 heteroatoms. The zero-order valence-electron chi connectivity index (χ0n) is 10.4. The Morgan fingerprint density at radius 3 is 2.79 bits per heavy atom. The van der Waals surface area contributed by atoms with Crippen molar-refractivity contribution < 1.29 is 4.52 Å². The first-order chi connectivity index (χ1) is 9.31. The van der Waals surface area contributed by atoms with Gasteiger partial charge >= 0.3 is 0 Å². The molecule has 0 spiro atoms. The van der Waals surface area contributed by atoms with E-state index in [2.05, 4.69) is 41.3 Å². The number of aryl methyl sites for hydroxylation is 1. The lowest BCUT2D eigenvalue weighted by Gasteiger charge is -1.98. The van der Waals surface area contributed by atoms with Crippen LogP contribution < -0.4 is 0 Å². The molecule has 0 aliphatic carbocycles. The van der Waals surface area contributed by atoms with Crippen LogP contribution in [0.5, 0.6) is 0 Å². The molecular weight excluding hydrogens is 276 g/mol.